The largest absolute Gasteiger partial charge is 0.354 e. The number of nitrogens with one attached hydrogen (secondary N) is 1. The number of hydrogen-bond acceptors (Lipinski definition) is 2. The van der Waals surface area contributed by atoms with Crippen LogP contribution < -0.4 is 5.32 Å². The van der Waals surface area contributed by atoms with E-state index in [9.17, 15) is 9.59 Å². The van der Waals surface area contributed by atoms with Gasteiger partial charge in [-0.3, -0.25) is 9.59 Å². The van der Waals surface area contributed by atoms with Crippen LogP contribution in [0.5, 0.6) is 0 Å². The molecule has 0 aliphatic heterocycles. The lowest BCUT2D eigenvalue weighted by Crippen LogP contribution is -2.50. The minimum atomic E-state index is -0.563. The summed E-state index contributed by atoms with van der Waals surface area (Å²) in [6.45, 7) is 3.03. The van der Waals surface area contributed by atoms with Crippen molar-refractivity contribution in [2.45, 2.75) is 45.2 Å². The molecular weight excluding hydrogens is 396 g/mol. The standard InChI is InChI=1S/C28H32N2O2/c1-2-20-29-28(32)26(21-24-14-8-4-9-15-24)30(22-25-16-10-5-11-17-25)27(31)19-18-23-12-6-3-7-13-23/h3-17,26H,2,18-22H2,1H3,(H,29,32)/t26-/m0/s1. The van der Waals surface area contributed by atoms with Gasteiger partial charge < -0.3 is 10.2 Å². The lowest BCUT2D eigenvalue weighted by molar-refractivity contribution is -0.141. The van der Waals surface area contributed by atoms with Gasteiger partial charge in [0.2, 0.25) is 11.8 Å². The average molecular weight is 429 g/mol. The quantitative estimate of drug-likeness (QED) is 0.478. The number of benzene rings is 3. The third-order valence-electron chi connectivity index (χ3n) is 5.49. The molecule has 3 rings (SSSR count). The smallest absolute Gasteiger partial charge is 0.243 e. The predicted molar refractivity (Wildman–Crippen MR) is 129 cm³/mol. The summed E-state index contributed by atoms with van der Waals surface area (Å²) in [6.07, 6.45) is 2.35. The van der Waals surface area contributed by atoms with Crippen molar-refractivity contribution in [1.82, 2.24) is 10.2 Å². The molecule has 0 saturated heterocycles. The van der Waals surface area contributed by atoms with Crippen LogP contribution in [-0.2, 0) is 29.0 Å². The van der Waals surface area contributed by atoms with E-state index in [-0.39, 0.29) is 11.8 Å². The monoisotopic (exact) mass is 428 g/mol. The summed E-state index contributed by atoms with van der Waals surface area (Å²) in [5.41, 5.74) is 3.18. The number of carbonyl (C=O) groups excluding carboxylic acids is 2. The minimum Gasteiger partial charge on any atom is -0.354 e. The number of amides is 2. The molecule has 0 heterocycles. The summed E-state index contributed by atoms with van der Waals surface area (Å²) in [6, 6.07) is 29.2. The Hall–Kier alpha value is -3.40. The van der Waals surface area contributed by atoms with Gasteiger partial charge in [0, 0.05) is 25.9 Å². The van der Waals surface area contributed by atoms with Gasteiger partial charge in [-0.1, -0.05) is 97.9 Å². The molecule has 4 heteroatoms. The lowest BCUT2D eigenvalue weighted by Gasteiger charge is -2.31. The van der Waals surface area contributed by atoms with Crippen LogP contribution in [-0.4, -0.2) is 29.3 Å². The lowest BCUT2D eigenvalue weighted by atomic mass is 10.0. The number of aryl methyl sites for hydroxylation is 1. The van der Waals surface area contributed by atoms with Gasteiger partial charge in [0.1, 0.15) is 6.04 Å². The molecular formula is C28H32N2O2. The van der Waals surface area contributed by atoms with Crippen molar-refractivity contribution in [3.8, 4) is 0 Å². The Balaban J connectivity index is 1.86. The van der Waals surface area contributed by atoms with E-state index in [0.29, 0.717) is 32.4 Å². The molecule has 4 nitrogen and oxygen atoms in total. The van der Waals surface area contributed by atoms with E-state index in [1.165, 1.54) is 0 Å². The van der Waals surface area contributed by atoms with Crippen LogP contribution in [0.1, 0.15) is 36.5 Å². The first kappa shape index (κ1) is 23.3. The van der Waals surface area contributed by atoms with Gasteiger partial charge in [0.15, 0.2) is 0 Å². The molecule has 3 aromatic carbocycles. The molecule has 0 saturated carbocycles. The zero-order chi connectivity index (χ0) is 22.6. The maximum absolute atomic E-state index is 13.5. The topological polar surface area (TPSA) is 49.4 Å². The zero-order valence-electron chi connectivity index (χ0n) is 18.7. The van der Waals surface area contributed by atoms with Crippen molar-refractivity contribution in [3.05, 3.63) is 108 Å². The van der Waals surface area contributed by atoms with E-state index in [0.717, 1.165) is 23.1 Å². The van der Waals surface area contributed by atoms with Crippen LogP contribution in [0.4, 0.5) is 0 Å². The van der Waals surface area contributed by atoms with Crippen molar-refractivity contribution >= 4 is 11.8 Å². The molecule has 0 fully saturated rings. The van der Waals surface area contributed by atoms with E-state index in [1.54, 1.807) is 4.90 Å². The molecule has 1 N–H and O–H groups in total. The summed E-state index contributed by atoms with van der Waals surface area (Å²) in [5, 5.41) is 3.01. The molecule has 3 aromatic rings. The molecule has 0 unspecified atom stereocenters. The highest BCUT2D eigenvalue weighted by Crippen LogP contribution is 2.17. The Morgan fingerprint density at radius 1 is 0.781 bits per heavy atom. The van der Waals surface area contributed by atoms with Crippen molar-refractivity contribution in [3.63, 3.8) is 0 Å². The third-order valence-corrected chi connectivity index (χ3v) is 5.49. The molecule has 0 aliphatic rings. The molecule has 0 radical (unpaired) electrons. The normalized spacial score (nSPS) is 11.5. The second-order valence-corrected chi connectivity index (χ2v) is 7.99. The van der Waals surface area contributed by atoms with Gasteiger partial charge in [-0.15, -0.1) is 0 Å². The van der Waals surface area contributed by atoms with E-state index < -0.39 is 6.04 Å². The Bertz CT molecular complexity index is 958. The summed E-state index contributed by atoms with van der Waals surface area (Å²) in [5.74, 6) is -0.106. The summed E-state index contributed by atoms with van der Waals surface area (Å²) in [7, 11) is 0. The van der Waals surface area contributed by atoms with Gasteiger partial charge in [-0.25, -0.2) is 0 Å². The molecule has 1 atom stereocenters. The Labute approximate surface area is 191 Å². The highest BCUT2D eigenvalue weighted by Gasteiger charge is 2.29. The molecule has 0 spiro atoms. The van der Waals surface area contributed by atoms with E-state index >= 15 is 0 Å². The SMILES string of the molecule is CCCNC(=O)[C@H](Cc1ccccc1)N(Cc1ccccc1)C(=O)CCc1ccccc1. The molecule has 0 bridgehead atoms. The summed E-state index contributed by atoms with van der Waals surface area (Å²) in [4.78, 5) is 28.4. The van der Waals surface area contributed by atoms with Gasteiger partial charge in [0.05, 0.1) is 0 Å². The molecule has 32 heavy (non-hydrogen) atoms. The fourth-order valence-corrected chi connectivity index (χ4v) is 3.74. The second-order valence-electron chi connectivity index (χ2n) is 7.99. The fourth-order valence-electron chi connectivity index (χ4n) is 3.74. The highest BCUT2D eigenvalue weighted by atomic mass is 16.2. The first-order valence-electron chi connectivity index (χ1n) is 11.4. The molecule has 166 valence electrons. The minimum absolute atomic E-state index is 0.00899. The van der Waals surface area contributed by atoms with Crippen molar-refractivity contribution in [2.75, 3.05) is 6.54 Å². The van der Waals surface area contributed by atoms with E-state index in [1.807, 2.05) is 97.9 Å². The number of hydrogen-bond donors (Lipinski definition) is 1. The maximum atomic E-state index is 13.5. The number of carbonyl (C=O) groups is 2. The van der Waals surface area contributed by atoms with Crippen molar-refractivity contribution < 1.29 is 9.59 Å². The van der Waals surface area contributed by atoms with Gasteiger partial charge in [-0.2, -0.15) is 0 Å². The van der Waals surface area contributed by atoms with Crippen LogP contribution in [0.15, 0.2) is 91.0 Å². The van der Waals surface area contributed by atoms with Crippen LogP contribution in [0.2, 0.25) is 0 Å². The average Bonchev–Trinajstić information content (AvgIpc) is 2.85. The van der Waals surface area contributed by atoms with Crippen molar-refractivity contribution in [1.29, 1.82) is 0 Å². The summed E-state index contributed by atoms with van der Waals surface area (Å²) >= 11 is 0. The van der Waals surface area contributed by atoms with Crippen molar-refractivity contribution in [2.24, 2.45) is 0 Å². The van der Waals surface area contributed by atoms with E-state index in [2.05, 4.69) is 5.32 Å². The molecule has 2 amide bonds. The van der Waals surface area contributed by atoms with Crippen LogP contribution in [0, 0.1) is 0 Å². The molecule has 0 aromatic heterocycles. The van der Waals surface area contributed by atoms with Gasteiger partial charge in [0.25, 0.3) is 0 Å². The maximum Gasteiger partial charge on any atom is 0.243 e. The second kappa shape index (κ2) is 12.5. The number of rotatable bonds is 11. The summed E-state index contributed by atoms with van der Waals surface area (Å²) < 4.78 is 0. The zero-order valence-corrected chi connectivity index (χ0v) is 18.7. The van der Waals surface area contributed by atoms with Gasteiger partial charge in [-0.05, 0) is 29.5 Å². The first-order valence-corrected chi connectivity index (χ1v) is 11.4. The fraction of sp³-hybridized carbons (Fsp3) is 0.286. The Kier molecular flexibility index (Phi) is 9.05. The van der Waals surface area contributed by atoms with Crippen LogP contribution in [0.25, 0.3) is 0 Å². The Morgan fingerprint density at radius 3 is 1.88 bits per heavy atom. The molecule has 0 aliphatic carbocycles. The number of nitrogens with zero attached hydrogens (tertiary/aromatic N) is 1. The van der Waals surface area contributed by atoms with Crippen LogP contribution in [0.3, 0.4) is 0 Å². The van der Waals surface area contributed by atoms with E-state index in [4.69, 9.17) is 0 Å². The first-order chi connectivity index (χ1) is 15.7. The third kappa shape index (κ3) is 7.09. The Morgan fingerprint density at radius 2 is 1.31 bits per heavy atom. The highest BCUT2D eigenvalue weighted by molar-refractivity contribution is 5.88. The predicted octanol–water partition coefficient (Wildman–Crippen LogP) is 4.79. The van der Waals surface area contributed by atoms with Crippen LogP contribution >= 0.6 is 0 Å². The van der Waals surface area contributed by atoms with Gasteiger partial charge >= 0.3 is 0 Å².